The summed E-state index contributed by atoms with van der Waals surface area (Å²) in [6.07, 6.45) is 2.89. The Morgan fingerprint density at radius 1 is 1.40 bits per heavy atom. The van der Waals surface area contributed by atoms with Crippen LogP contribution in [-0.4, -0.2) is 16.0 Å². The van der Waals surface area contributed by atoms with Crippen LogP contribution in [0.3, 0.4) is 0 Å². The van der Waals surface area contributed by atoms with E-state index in [4.69, 9.17) is 0 Å². The maximum Gasteiger partial charge on any atom is 0.145 e. The van der Waals surface area contributed by atoms with Gasteiger partial charge in [0, 0.05) is 6.04 Å². The summed E-state index contributed by atoms with van der Waals surface area (Å²) in [5.74, 6) is 1.54. The maximum atomic E-state index is 4.40. The smallest absolute Gasteiger partial charge is 0.145 e. The van der Waals surface area contributed by atoms with Crippen molar-refractivity contribution in [2.75, 3.05) is 5.32 Å². The molecular formula is C11H18BrN3. The highest BCUT2D eigenvalue weighted by Gasteiger charge is 2.06. The van der Waals surface area contributed by atoms with Crippen molar-refractivity contribution in [3.63, 3.8) is 0 Å². The van der Waals surface area contributed by atoms with E-state index in [9.17, 15) is 0 Å². The van der Waals surface area contributed by atoms with Gasteiger partial charge in [-0.15, -0.1) is 0 Å². The van der Waals surface area contributed by atoms with Crippen LogP contribution in [0, 0.1) is 12.8 Å². The van der Waals surface area contributed by atoms with Crippen LogP contribution in [0.2, 0.25) is 0 Å². The van der Waals surface area contributed by atoms with E-state index in [1.807, 2.05) is 6.92 Å². The molecule has 1 aromatic rings. The molecule has 0 radical (unpaired) electrons. The predicted octanol–water partition coefficient (Wildman–Crippen LogP) is 3.39. The van der Waals surface area contributed by atoms with E-state index in [-0.39, 0.29) is 0 Å². The fourth-order valence-corrected chi connectivity index (χ4v) is 1.75. The van der Waals surface area contributed by atoms with Crippen LogP contribution < -0.4 is 5.32 Å². The first-order chi connectivity index (χ1) is 6.99. The summed E-state index contributed by atoms with van der Waals surface area (Å²) < 4.78 is 0.810. The van der Waals surface area contributed by atoms with E-state index in [0.717, 1.165) is 22.5 Å². The Morgan fingerprint density at radius 2 is 2.07 bits per heavy atom. The Kier molecular flexibility index (Phi) is 4.51. The van der Waals surface area contributed by atoms with Crippen molar-refractivity contribution in [3.05, 3.63) is 16.5 Å². The van der Waals surface area contributed by atoms with Crippen molar-refractivity contribution in [2.24, 2.45) is 5.92 Å². The fourth-order valence-electron chi connectivity index (χ4n) is 1.55. The molecule has 1 unspecified atom stereocenters. The quantitative estimate of drug-likeness (QED) is 0.912. The molecule has 0 saturated carbocycles. The van der Waals surface area contributed by atoms with Gasteiger partial charge < -0.3 is 5.32 Å². The molecule has 84 valence electrons. The summed E-state index contributed by atoms with van der Waals surface area (Å²) in [4.78, 5) is 8.60. The van der Waals surface area contributed by atoms with Crippen molar-refractivity contribution >= 4 is 21.7 Å². The second-order valence-corrected chi connectivity index (χ2v) is 5.06. The largest absolute Gasteiger partial charge is 0.366 e. The summed E-state index contributed by atoms with van der Waals surface area (Å²) in [5, 5.41) is 3.35. The van der Waals surface area contributed by atoms with E-state index in [2.05, 4.69) is 52.0 Å². The lowest BCUT2D eigenvalue weighted by Crippen LogP contribution is -2.18. The zero-order chi connectivity index (χ0) is 11.4. The molecule has 0 saturated heterocycles. The van der Waals surface area contributed by atoms with Crippen LogP contribution in [0.5, 0.6) is 0 Å². The van der Waals surface area contributed by atoms with Crippen molar-refractivity contribution < 1.29 is 0 Å². The van der Waals surface area contributed by atoms with Crippen molar-refractivity contribution in [1.29, 1.82) is 0 Å². The van der Waals surface area contributed by atoms with Crippen LogP contribution in [0.15, 0.2) is 10.8 Å². The van der Waals surface area contributed by atoms with Crippen LogP contribution in [0.4, 0.5) is 5.82 Å². The molecule has 0 aliphatic rings. The van der Waals surface area contributed by atoms with Crippen LogP contribution in [0.1, 0.15) is 32.9 Å². The van der Waals surface area contributed by atoms with Crippen LogP contribution in [0.25, 0.3) is 0 Å². The lowest BCUT2D eigenvalue weighted by atomic mass is 10.1. The number of nitrogens with zero attached hydrogens (tertiary/aromatic N) is 2. The molecule has 1 rings (SSSR count). The summed E-state index contributed by atoms with van der Waals surface area (Å²) >= 11 is 3.33. The lowest BCUT2D eigenvalue weighted by Gasteiger charge is -2.16. The molecule has 1 aromatic heterocycles. The van der Waals surface area contributed by atoms with E-state index in [1.165, 1.54) is 0 Å². The van der Waals surface area contributed by atoms with Gasteiger partial charge in [-0.3, -0.25) is 0 Å². The molecule has 0 amide bonds. The number of hydrogen-bond acceptors (Lipinski definition) is 3. The molecule has 4 heteroatoms. The molecule has 0 fully saturated rings. The third-order valence-electron chi connectivity index (χ3n) is 2.11. The molecule has 1 heterocycles. The van der Waals surface area contributed by atoms with E-state index >= 15 is 0 Å². The van der Waals surface area contributed by atoms with Gasteiger partial charge >= 0.3 is 0 Å². The number of rotatable bonds is 4. The molecule has 0 spiro atoms. The number of aryl methyl sites for hydroxylation is 1. The van der Waals surface area contributed by atoms with E-state index < -0.39 is 0 Å². The lowest BCUT2D eigenvalue weighted by molar-refractivity contribution is 0.538. The van der Waals surface area contributed by atoms with E-state index in [1.54, 1.807) is 6.20 Å². The molecule has 0 aliphatic carbocycles. The Balaban J connectivity index is 2.60. The minimum Gasteiger partial charge on any atom is -0.366 e. The van der Waals surface area contributed by atoms with Gasteiger partial charge in [-0.2, -0.15) is 0 Å². The van der Waals surface area contributed by atoms with E-state index in [0.29, 0.717) is 12.0 Å². The first-order valence-electron chi connectivity index (χ1n) is 5.24. The Bertz CT molecular complexity index is 326. The minimum absolute atomic E-state index is 0.430. The van der Waals surface area contributed by atoms with Gasteiger partial charge in [0.25, 0.3) is 0 Å². The van der Waals surface area contributed by atoms with Crippen molar-refractivity contribution in [1.82, 2.24) is 9.97 Å². The van der Waals surface area contributed by atoms with Crippen LogP contribution in [-0.2, 0) is 0 Å². The average molecular weight is 272 g/mol. The molecule has 0 bridgehead atoms. The van der Waals surface area contributed by atoms with Gasteiger partial charge in [-0.05, 0) is 42.1 Å². The Morgan fingerprint density at radius 3 is 2.60 bits per heavy atom. The Labute approximate surface area is 99.8 Å². The number of aromatic nitrogens is 2. The highest BCUT2D eigenvalue weighted by atomic mass is 79.9. The normalized spacial score (nSPS) is 12.9. The van der Waals surface area contributed by atoms with Crippen molar-refractivity contribution in [2.45, 2.75) is 40.2 Å². The number of nitrogens with one attached hydrogen (secondary N) is 1. The van der Waals surface area contributed by atoms with Gasteiger partial charge in [0.05, 0.1) is 11.9 Å². The van der Waals surface area contributed by atoms with Gasteiger partial charge in [-0.25, -0.2) is 9.97 Å². The summed E-state index contributed by atoms with van der Waals surface area (Å²) in [5.41, 5.74) is 0.914. The van der Waals surface area contributed by atoms with Gasteiger partial charge in [0.15, 0.2) is 0 Å². The number of halogens is 1. The van der Waals surface area contributed by atoms with Gasteiger partial charge in [0.2, 0.25) is 0 Å². The molecule has 0 aliphatic heterocycles. The third kappa shape index (κ3) is 4.16. The highest BCUT2D eigenvalue weighted by molar-refractivity contribution is 9.10. The maximum absolute atomic E-state index is 4.40. The molecule has 1 N–H and O–H groups in total. The van der Waals surface area contributed by atoms with Gasteiger partial charge in [0.1, 0.15) is 10.4 Å². The van der Waals surface area contributed by atoms with Crippen molar-refractivity contribution in [3.8, 4) is 0 Å². The number of anilines is 1. The zero-order valence-corrected chi connectivity index (χ0v) is 11.3. The molecule has 1 atom stereocenters. The van der Waals surface area contributed by atoms with Gasteiger partial charge in [-0.1, -0.05) is 13.8 Å². The molecule has 15 heavy (non-hydrogen) atoms. The average Bonchev–Trinajstić information content (AvgIpc) is 2.10. The molecule has 3 nitrogen and oxygen atoms in total. The number of hydrogen-bond donors (Lipinski definition) is 1. The predicted molar refractivity (Wildman–Crippen MR) is 67.0 cm³/mol. The summed E-state index contributed by atoms with van der Waals surface area (Å²) in [6, 6.07) is 0.430. The minimum atomic E-state index is 0.430. The standard InChI is InChI=1S/C11H18BrN3/c1-7(2)5-8(3)14-10-6-13-11(12)9(4)15-10/h6-8H,5H2,1-4H3,(H,14,15). The highest BCUT2D eigenvalue weighted by Crippen LogP contribution is 2.14. The third-order valence-corrected chi connectivity index (χ3v) is 2.88. The van der Waals surface area contributed by atoms with Crippen LogP contribution >= 0.6 is 15.9 Å². The summed E-state index contributed by atoms with van der Waals surface area (Å²) in [7, 11) is 0. The summed E-state index contributed by atoms with van der Waals surface area (Å²) in [6.45, 7) is 8.54. The second kappa shape index (κ2) is 5.45. The zero-order valence-electron chi connectivity index (χ0n) is 9.71. The fraction of sp³-hybridized carbons (Fsp3) is 0.636. The topological polar surface area (TPSA) is 37.8 Å². The first kappa shape index (κ1) is 12.4. The molecule has 0 aromatic carbocycles. The Hall–Kier alpha value is -0.640. The first-order valence-corrected chi connectivity index (χ1v) is 6.04. The molecular weight excluding hydrogens is 254 g/mol. The monoisotopic (exact) mass is 271 g/mol. The second-order valence-electron chi connectivity index (χ2n) is 4.31. The SMILES string of the molecule is Cc1nc(NC(C)CC(C)C)cnc1Br.